The molecule has 22 heavy (non-hydrogen) atoms. The molecule has 0 bridgehead atoms. The lowest BCUT2D eigenvalue weighted by Crippen LogP contribution is -2.08. The molecule has 0 saturated heterocycles. The molecule has 0 spiro atoms. The van der Waals surface area contributed by atoms with Gasteiger partial charge in [-0.3, -0.25) is 9.55 Å². The summed E-state index contributed by atoms with van der Waals surface area (Å²) in [6.45, 7) is 0.681. The summed E-state index contributed by atoms with van der Waals surface area (Å²) in [6, 6.07) is 9.87. The van der Waals surface area contributed by atoms with E-state index in [-0.39, 0.29) is 5.76 Å². The van der Waals surface area contributed by atoms with Crippen molar-refractivity contribution in [3.63, 3.8) is 0 Å². The second kappa shape index (κ2) is 5.02. The molecule has 1 fully saturated rings. The van der Waals surface area contributed by atoms with Crippen LogP contribution < -0.4 is 11.1 Å². The largest absolute Gasteiger partial charge is 0.419 e. The van der Waals surface area contributed by atoms with Gasteiger partial charge in [0.1, 0.15) is 0 Å². The maximum Gasteiger partial charge on any atom is 0.419 e. The van der Waals surface area contributed by atoms with Crippen LogP contribution in [0.1, 0.15) is 30.0 Å². The van der Waals surface area contributed by atoms with Gasteiger partial charge in [0.2, 0.25) is 0 Å². The van der Waals surface area contributed by atoms with Crippen molar-refractivity contribution in [2.45, 2.75) is 25.3 Å². The molecule has 0 amide bonds. The Morgan fingerprint density at radius 2 is 2.23 bits per heavy atom. The van der Waals surface area contributed by atoms with E-state index in [1.165, 1.54) is 17.4 Å². The monoisotopic (exact) mass is 295 g/mol. The number of pyridine rings is 1. The van der Waals surface area contributed by atoms with Gasteiger partial charge in [0.25, 0.3) is 0 Å². The Balaban J connectivity index is 1.58. The van der Waals surface area contributed by atoms with Crippen LogP contribution in [0.15, 0.2) is 45.7 Å². The Hall–Kier alpha value is -2.56. The van der Waals surface area contributed by atoms with E-state index in [4.69, 9.17) is 4.42 Å². The third-order valence-corrected chi connectivity index (χ3v) is 4.14. The van der Waals surface area contributed by atoms with Gasteiger partial charge >= 0.3 is 5.76 Å². The molecule has 1 N–H and O–H groups in total. The van der Waals surface area contributed by atoms with Crippen LogP contribution in [0.5, 0.6) is 0 Å². The van der Waals surface area contributed by atoms with Crippen LogP contribution in [-0.2, 0) is 13.6 Å². The van der Waals surface area contributed by atoms with Crippen LogP contribution in [0.25, 0.3) is 11.1 Å². The van der Waals surface area contributed by atoms with E-state index in [0.717, 1.165) is 22.5 Å². The van der Waals surface area contributed by atoms with E-state index in [1.54, 1.807) is 7.05 Å². The molecule has 4 rings (SSSR count). The van der Waals surface area contributed by atoms with Gasteiger partial charge in [-0.2, -0.15) is 0 Å². The van der Waals surface area contributed by atoms with Gasteiger partial charge in [0, 0.05) is 25.7 Å². The molecule has 1 aromatic carbocycles. The maximum atomic E-state index is 11.5. The van der Waals surface area contributed by atoms with Gasteiger partial charge in [-0.1, -0.05) is 6.07 Å². The van der Waals surface area contributed by atoms with E-state index in [1.807, 2.05) is 30.5 Å². The number of oxazole rings is 1. The van der Waals surface area contributed by atoms with E-state index in [0.29, 0.717) is 18.0 Å². The molecular formula is C17H17N3O2. The summed E-state index contributed by atoms with van der Waals surface area (Å²) in [5.41, 5.74) is 4.77. The highest BCUT2D eigenvalue weighted by atomic mass is 16.4. The van der Waals surface area contributed by atoms with Crippen molar-refractivity contribution in [3.8, 4) is 0 Å². The predicted molar refractivity (Wildman–Crippen MR) is 85.0 cm³/mol. The van der Waals surface area contributed by atoms with Crippen molar-refractivity contribution >= 4 is 16.8 Å². The van der Waals surface area contributed by atoms with Gasteiger partial charge < -0.3 is 9.73 Å². The Bertz CT molecular complexity index is 890. The first-order valence-electron chi connectivity index (χ1n) is 7.49. The molecule has 0 unspecified atom stereocenters. The summed E-state index contributed by atoms with van der Waals surface area (Å²) in [5.74, 6) is 0.279. The minimum absolute atomic E-state index is 0.330. The summed E-state index contributed by atoms with van der Waals surface area (Å²) in [6.07, 6.45) is 4.31. The molecule has 0 atom stereocenters. The maximum absolute atomic E-state index is 11.5. The minimum atomic E-state index is -0.330. The van der Waals surface area contributed by atoms with E-state index >= 15 is 0 Å². The average Bonchev–Trinajstić information content (AvgIpc) is 3.33. The van der Waals surface area contributed by atoms with Crippen LogP contribution >= 0.6 is 0 Å². The number of fused-ring (bicyclic) bond motifs is 1. The molecule has 1 aliphatic carbocycles. The fraction of sp³-hybridized carbons (Fsp3) is 0.294. The summed E-state index contributed by atoms with van der Waals surface area (Å²) < 4.78 is 6.74. The van der Waals surface area contributed by atoms with Crippen molar-refractivity contribution in [1.82, 2.24) is 9.55 Å². The Morgan fingerprint density at radius 3 is 3.05 bits per heavy atom. The first kappa shape index (κ1) is 13.1. The number of nitrogens with one attached hydrogen (secondary N) is 1. The molecule has 0 radical (unpaired) electrons. The van der Waals surface area contributed by atoms with E-state index in [2.05, 4.69) is 16.4 Å². The number of aromatic nitrogens is 2. The molecule has 1 aliphatic rings. The average molecular weight is 295 g/mol. The Kier molecular flexibility index (Phi) is 2.99. The van der Waals surface area contributed by atoms with Crippen LogP contribution in [0.3, 0.4) is 0 Å². The van der Waals surface area contributed by atoms with Crippen LogP contribution in [-0.4, -0.2) is 9.55 Å². The summed E-state index contributed by atoms with van der Waals surface area (Å²) in [5, 5.41) is 3.45. The smallest absolute Gasteiger partial charge is 0.408 e. The highest BCUT2D eigenvalue weighted by Gasteiger charge is 2.27. The second-order valence-electron chi connectivity index (χ2n) is 5.79. The number of benzene rings is 1. The van der Waals surface area contributed by atoms with Gasteiger partial charge in [0.15, 0.2) is 5.58 Å². The second-order valence-corrected chi connectivity index (χ2v) is 5.79. The molecule has 5 heteroatoms. The lowest BCUT2D eigenvalue weighted by molar-refractivity contribution is 0.528. The normalized spacial score (nSPS) is 14.4. The Morgan fingerprint density at radius 1 is 1.36 bits per heavy atom. The quantitative estimate of drug-likeness (QED) is 0.803. The summed E-state index contributed by atoms with van der Waals surface area (Å²) >= 11 is 0. The molecular weight excluding hydrogens is 278 g/mol. The van der Waals surface area contributed by atoms with Crippen molar-refractivity contribution in [3.05, 3.63) is 58.3 Å². The van der Waals surface area contributed by atoms with Gasteiger partial charge in [-0.25, -0.2) is 4.79 Å². The zero-order valence-corrected chi connectivity index (χ0v) is 12.4. The molecule has 3 aromatic rings. The number of nitrogens with zero attached hydrogens (tertiary/aromatic N) is 2. The topological polar surface area (TPSA) is 60.1 Å². The van der Waals surface area contributed by atoms with Crippen molar-refractivity contribution < 1.29 is 4.42 Å². The summed E-state index contributed by atoms with van der Waals surface area (Å²) in [7, 11) is 1.71. The molecule has 2 heterocycles. The van der Waals surface area contributed by atoms with Crippen LogP contribution in [0.4, 0.5) is 5.69 Å². The van der Waals surface area contributed by atoms with Crippen molar-refractivity contribution in [2.24, 2.45) is 7.05 Å². The van der Waals surface area contributed by atoms with Gasteiger partial charge in [0.05, 0.1) is 16.9 Å². The highest BCUT2D eigenvalue weighted by Crippen LogP contribution is 2.42. The zero-order valence-electron chi connectivity index (χ0n) is 12.4. The fourth-order valence-corrected chi connectivity index (χ4v) is 2.73. The van der Waals surface area contributed by atoms with Gasteiger partial charge in [-0.05, 0) is 42.7 Å². The number of hydrogen-bond acceptors (Lipinski definition) is 4. The number of hydrogen-bond donors (Lipinski definition) is 1. The van der Waals surface area contributed by atoms with Crippen LogP contribution in [0, 0.1) is 0 Å². The predicted octanol–water partition coefficient (Wildman–Crippen LogP) is 3.02. The fourth-order valence-electron chi connectivity index (χ4n) is 2.73. The molecule has 112 valence electrons. The third-order valence-electron chi connectivity index (χ3n) is 4.14. The van der Waals surface area contributed by atoms with Crippen LogP contribution in [0.2, 0.25) is 0 Å². The molecule has 2 aromatic heterocycles. The van der Waals surface area contributed by atoms with E-state index < -0.39 is 0 Å². The number of rotatable bonds is 4. The standard InChI is InChI=1S/C17H17N3O2/c1-20-14-7-4-11(9-15(14)22-17(20)21)10-19-13-3-2-8-18-16(13)12-5-6-12/h2-4,7-9,12,19H,5-6,10H2,1H3. The molecule has 1 saturated carbocycles. The third kappa shape index (κ3) is 2.28. The van der Waals surface area contributed by atoms with Crippen molar-refractivity contribution in [1.29, 1.82) is 0 Å². The lowest BCUT2D eigenvalue weighted by Gasteiger charge is -2.10. The SMILES string of the molecule is Cn1c(=O)oc2cc(CNc3cccnc3C3CC3)ccc21. The highest BCUT2D eigenvalue weighted by molar-refractivity contribution is 5.73. The van der Waals surface area contributed by atoms with Gasteiger partial charge in [-0.15, -0.1) is 0 Å². The zero-order chi connectivity index (χ0) is 15.1. The number of aryl methyl sites for hydroxylation is 1. The first-order chi connectivity index (χ1) is 10.7. The molecule has 0 aliphatic heterocycles. The number of anilines is 1. The van der Waals surface area contributed by atoms with E-state index in [9.17, 15) is 4.79 Å². The lowest BCUT2D eigenvalue weighted by atomic mass is 10.1. The first-order valence-corrected chi connectivity index (χ1v) is 7.49. The van der Waals surface area contributed by atoms with Crippen molar-refractivity contribution in [2.75, 3.05) is 5.32 Å². The Labute approximate surface area is 127 Å². The minimum Gasteiger partial charge on any atom is -0.408 e. The molecule has 5 nitrogen and oxygen atoms in total. The summed E-state index contributed by atoms with van der Waals surface area (Å²) in [4.78, 5) is 16.0.